The van der Waals surface area contributed by atoms with Gasteiger partial charge in [-0.2, -0.15) is 0 Å². The molecular formula is C21H24N6O3. The molecule has 9 nitrogen and oxygen atoms in total. The first-order chi connectivity index (χ1) is 14.3. The van der Waals surface area contributed by atoms with Crippen LogP contribution >= 0.6 is 0 Å². The van der Waals surface area contributed by atoms with Crippen molar-refractivity contribution in [1.29, 1.82) is 0 Å². The van der Waals surface area contributed by atoms with Crippen LogP contribution in [0.25, 0.3) is 10.4 Å². The quantitative estimate of drug-likeness (QED) is 0.458. The monoisotopic (exact) mass is 408 g/mol. The van der Waals surface area contributed by atoms with Crippen LogP contribution in [0.15, 0.2) is 53.8 Å². The van der Waals surface area contributed by atoms with Crippen LogP contribution in [0.5, 0.6) is 0 Å². The van der Waals surface area contributed by atoms with Gasteiger partial charge in [0.2, 0.25) is 5.91 Å². The number of anilines is 1. The second kappa shape index (κ2) is 8.84. The van der Waals surface area contributed by atoms with Gasteiger partial charge in [0.05, 0.1) is 6.04 Å². The van der Waals surface area contributed by atoms with Crippen LogP contribution in [0, 0.1) is 0 Å². The molecule has 2 heterocycles. The third kappa shape index (κ3) is 4.87. The van der Waals surface area contributed by atoms with Gasteiger partial charge in [0.25, 0.3) is 0 Å². The summed E-state index contributed by atoms with van der Waals surface area (Å²) < 4.78 is 5.36. The Morgan fingerprint density at radius 2 is 1.97 bits per heavy atom. The van der Waals surface area contributed by atoms with Crippen molar-refractivity contribution in [2.45, 2.75) is 44.9 Å². The van der Waals surface area contributed by atoms with E-state index in [9.17, 15) is 9.59 Å². The van der Waals surface area contributed by atoms with E-state index in [0.29, 0.717) is 24.3 Å². The van der Waals surface area contributed by atoms with E-state index in [4.69, 9.17) is 10.3 Å². The van der Waals surface area contributed by atoms with Crippen LogP contribution in [0.2, 0.25) is 0 Å². The highest BCUT2D eigenvalue weighted by molar-refractivity contribution is 5.99. The van der Waals surface area contributed by atoms with Crippen LogP contribution in [-0.2, 0) is 16.0 Å². The van der Waals surface area contributed by atoms with Crippen molar-refractivity contribution in [2.24, 2.45) is 5.11 Å². The number of fused-ring (bicyclic) bond motifs is 1. The van der Waals surface area contributed by atoms with E-state index in [1.807, 2.05) is 18.2 Å². The van der Waals surface area contributed by atoms with Gasteiger partial charge in [-0.15, -0.1) is 0 Å². The number of alkyl carbamates (subject to hydrolysis) is 1. The van der Waals surface area contributed by atoms with Gasteiger partial charge < -0.3 is 10.1 Å². The third-order valence-corrected chi connectivity index (χ3v) is 4.57. The first kappa shape index (κ1) is 21.1. The molecule has 2 amide bonds. The van der Waals surface area contributed by atoms with Gasteiger partial charge >= 0.3 is 6.09 Å². The summed E-state index contributed by atoms with van der Waals surface area (Å²) in [6.45, 7) is 5.66. The number of ether oxygens (including phenoxy) is 1. The van der Waals surface area contributed by atoms with Crippen molar-refractivity contribution < 1.29 is 14.3 Å². The molecule has 30 heavy (non-hydrogen) atoms. The molecule has 2 unspecified atom stereocenters. The molecule has 0 radical (unpaired) electrons. The molecular weight excluding hydrogens is 384 g/mol. The zero-order valence-electron chi connectivity index (χ0n) is 17.1. The zero-order valence-corrected chi connectivity index (χ0v) is 17.1. The van der Waals surface area contributed by atoms with Gasteiger partial charge in [-0.25, -0.2) is 9.78 Å². The van der Waals surface area contributed by atoms with Gasteiger partial charge in [-0.05, 0) is 49.9 Å². The predicted octanol–water partition coefficient (Wildman–Crippen LogP) is 3.92. The van der Waals surface area contributed by atoms with E-state index in [2.05, 4.69) is 20.3 Å². The van der Waals surface area contributed by atoms with Crippen molar-refractivity contribution in [3.05, 3.63) is 70.2 Å². The fraction of sp³-hybridized carbons (Fsp3) is 0.381. The lowest BCUT2D eigenvalue weighted by molar-refractivity contribution is -0.120. The Hall–Kier alpha value is -3.58. The van der Waals surface area contributed by atoms with Crippen molar-refractivity contribution in [3.63, 3.8) is 0 Å². The number of azide groups is 1. The number of carbonyl (C=O) groups is 2. The van der Waals surface area contributed by atoms with Gasteiger partial charge in [-0.1, -0.05) is 41.5 Å². The summed E-state index contributed by atoms with van der Waals surface area (Å²) in [5.41, 5.74) is 10.0. The standard InChI is InChI=1S/C21H24N6O3/c1-21(2,3)30-20(29)24-16(14-8-5-4-6-9-14)17(25-26-22)19(28)27-13-11-15-10-7-12-23-18(15)27/h4-10,12,16-17H,11,13H2,1-3H3,(H,24,29). The van der Waals surface area contributed by atoms with Gasteiger partial charge in [0, 0.05) is 17.7 Å². The molecule has 2 aromatic rings. The zero-order chi connectivity index (χ0) is 21.7. The summed E-state index contributed by atoms with van der Waals surface area (Å²) in [5.74, 6) is 0.111. The topological polar surface area (TPSA) is 120 Å². The maximum absolute atomic E-state index is 13.4. The number of carbonyl (C=O) groups excluding carboxylic acids is 2. The summed E-state index contributed by atoms with van der Waals surface area (Å²) >= 11 is 0. The summed E-state index contributed by atoms with van der Waals surface area (Å²) in [4.78, 5) is 34.6. The molecule has 0 bridgehead atoms. The smallest absolute Gasteiger partial charge is 0.408 e. The first-order valence-electron chi connectivity index (χ1n) is 9.64. The lowest BCUT2D eigenvalue weighted by Crippen LogP contribution is -2.47. The summed E-state index contributed by atoms with van der Waals surface area (Å²) in [5, 5.41) is 6.47. The molecule has 0 fully saturated rings. The largest absolute Gasteiger partial charge is 0.444 e. The number of hydrogen-bond donors (Lipinski definition) is 1. The molecule has 0 spiro atoms. The highest BCUT2D eigenvalue weighted by Gasteiger charge is 2.37. The normalized spacial score (nSPS) is 14.8. The maximum atomic E-state index is 13.4. The van der Waals surface area contributed by atoms with Gasteiger partial charge in [-0.3, -0.25) is 9.69 Å². The summed E-state index contributed by atoms with van der Waals surface area (Å²) in [6.07, 6.45) is 1.57. The number of nitrogens with zero attached hydrogens (tertiary/aromatic N) is 5. The van der Waals surface area contributed by atoms with E-state index >= 15 is 0 Å². The minimum absolute atomic E-state index is 0.427. The maximum Gasteiger partial charge on any atom is 0.408 e. The van der Waals surface area contributed by atoms with Gasteiger partial charge in [0.1, 0.15) is 17.5 Å². The summed E-state index contributed by atoms with van der Waals surface area (Å²) in [6, 6.07) is 10.5. The summed E-state index contributed by atoms with van der Waals surface area (Å²) in [7, 11) is 0. The highest BCUT2D eigenvalue weighted by atomic mass is 16.6. The number of aromatic nitrogens is 1. The van der Waals surface area contributed by atoms with Crippen LogP contribution in [0.1, 0.15) is 37.9 Å². The number of nitrogens with one attached hydrogen (secondary N) is 1. The molecule has 1 aromatic carbocycles. The molecule has 3 rings (SSSR count). The predicted molar refractivity (Wildman–Crippen MR) is 112 cm³/mol. The number of rotatable bonds is 5. The van der Waals surface area contributed by atoms with Crippen molar-refractivity contribution in [3.8, 4) is 0 Å². The van der Waals surface area contributed by atoms with Crippen molar-refractivity contribution >= 4 is 17.8 Å². The molecule has 0 aliphatic carbocycles. The van der Waals surface area contributed by atoms with Crippen molar-refractivity contribution in [2.75, 3.05) is 11.4 Å². The van der Waals surface area contributed by atoms with E-state index < -0.39 is 29.7 Å². The number of hydrogen-bond acceptors (Lipinski definition) is 5. The minimum atomic E-state index is -1.21. The number of pyridine rings is 1. The molecule has 1 aliphatic rings. The Bertz CT molecular complexity index is 966. The third-order valence-electron chi connectivity index (χ3n) is 4.57. The molecule has 0 saturated carbocycles. The Morgan fingerprint density at radius 1 is 1.23 bits per heavy atom. The molecule has 156 valence electrons. The van der Waals surface area contributed by atoms with E-state index in [1.165, 1.54) is 4.90 Å². The van der Waals surface area contributed by atoms with Crippen LogP contribution in [0.4, 0.5) is 10.6 Å². The lowest BCUT2D eigenvalue weighted by atomic mass is 9.98. The van der Waals surface area contributed by atoms with Crippen LogP contribution in [0.3, 0.4) is 0 Å². The fourth-order valence-corrected chi connectivity index (χ4v) is 3.33. The minimum Gasteiger partial charge on any atom is -0.444 e. The Labute approximate surface area is 174 Å². The molecule has 1 N–H and O–H groups in total. The Kier molecular flexibility index (Phi) is 6.23. The second-order valence-electron chi connectivity index (χ2n) is 7.91. The van der Waals surface area contributed by atoms with Crippen molar-refractivity contribution in [1.82, 2.24) is 10.3 Å². The molecule has 0 saturated heterocycles. The Balaban J connectivity index is 1.95. The molecule has 1 aliphatic heterocycles. The SMILES string of the molecule is CC(C)(C)OC(=O)NC(c1ccccc1)C(N=[N+]=[N-])C(=O)N1CCc2cccnc21. The van der Waals surface area contributed by atoms with E-state index in [-0.39, 0.29) is 0 Å². The second-order valence-corrected chi connectivity index (χ2v) is 7.91. The van der Waals surface area contributed by atoms with E-state index in [0.717, 1.165) is 5.56 Å². The highest BCUT2D eigenvalue weighted by Crippen LogP contribution is 2.29. The number of amides is 2. The molecule has 2 atom stereocenters. The Morgan fingerprint density at radius 3 is 2.63 bits per heavy atom. The average molecular weight is 408 g/mol. The van der Waals surface area contributed by atoms with Crippen LogP contribution < -0.4 is 10.2 Å². The van der Waals surface area contributed by atoms with Gasteiger partial charge in [0.15, 0.2) is 0 Å². The lowest BCUT2D eigenvalue weighted by Gasteiger charge is -2.29. The number of benzene rings is 1. The van der Waals surface area contributed by atoms with E-state index in [1.54, 1.807) is 51.2 Å². The molecule has 9 heteroatoms. The molecule has 1 aromatic heterocycles. The van der Waals surface area contributed by atoms with Crippen LogP contribution in [-0.4, -0.2) is 35.2 Å². The fourth-order valence-electron chi connectivity index (χ4n) is 3.33. The average Bonchev–Trinajstić information content (AvgIpc) is 3.13. The first-order valence-corrected chi connectivity index (χ1v) is 9.64.